The molecule has 0 N–H and O–H groups in total. The van der Waals surface area contributed by atoms with Crippen molar-refractivity contribution < 1.29 is 4.42 Å². The molecule has 2 heterocycles. The number of hydrogen-bond donors (Lipinski definition) is 0. The number of allylic oxidation sites excluding steroid dienone is 5. The normalized spacial score (nSPS) is 12.4. The number of rotatable bonds is 5. The molecule has 9 rings (SSSR count). The van der Waals surface area contributed by atoms with Crippen molar-refractivity contribution in [3.63, 3.8) is 0 Å². The highest BCUT2D eigenvalue weighted by Crippen LogP contribution is 2.45. The van der Waals surface area contributed by atoms with Gasteiger partial charge in [0, 0.05) is 32.9 Å². The van der Waals surface area contributed by atoms with E-state index in [0.717, 1.165) is 49.4 Å². The summed E-state index contributed by atoms with van der Waals surface area (Å²) in [5.41, 5.74) is 4.25. The van der Waals surface area contributed by atoms with Crippen LogP contribution in [0.3, 0.4) is 0 Å². The molecule has 7 aromatic carbocycles. The highest BCUT2D eigenvalue weighted by atomic mass is 16.3. The highest BCUT2D eigenvalue weighted by molar-refractivity contribution is 6.37. The number of fused-ring (bicyclic) bond motifs is 12. The molecule has 0 radical (unpaired) electrons. The van der Waals surface area contributed by atoms with Gasteiger partial charge in [-0.1, -0.05) is 134 Å². The molecule has 9 aromatic rings. The van der Waals surface area contributed by atoms with Gasteiger partial charge in [-0.2, -0.15) is 0 Å². The van der Waals surface area contributed by atoms with Crippen LogP contribution in [0.15, 0.2) is 157 Å². The molecule has 0 spiro atoms. The van der Waals surface area contributed by atoms with E-state index in [1.54, 1.807) is 6.08 Å². The summed E-state index contributed by atoms with van der Waals surface area (Å²) in [6.07, 6.45) is 7.70. The zero-order chi connectivity index (χ0) is 32.2. The smallest absolute Gasteiger partial charge is 0.164 e. The molecule has 0 bridgehead atoms. The van der Waals surface area contributed by atoms with Gasteiger partial charge in [-0.15, -0.1) is 0 Å². The lowest BCUT2D eigenvalue weighted by Crippen LogP contribution is -2.02. The molecule has 0 aliphatic rings. The Morgan fingerprint density at radius 3 is 1.83 bits per heavy atom. The van der Waals surface area contributed by atoms with Crippen molar-refractivity contribution in [3.8, 4) is 22.8 Å². The predicted molar refractivity (Wildman–Crippen MR) is 201 cm³/mol. The van der Waals surface area contributed by atoms with Gasteiger partial charge < -0.3 is 4.42 Å². The summed E-state index contributed by atoms with van der Waals surface area (Å²) in [7, 11) is 0. The summed E-state index contributed by atoms with van der Waals surface area (Å²) >= 11 is 0. The highest BCUT2D eigenvalue weighted by Gasteiger charge is 2.21. The lowest BCUT2D eigenvalue weighted by Gasteiger charge is -2.12. The molecular weight excluding hydrogens is 587 g/mol. The van der Waals surface area contributed by atoms with Gasteiger partial charge in [-0.3, -0.25) is 0 Å². The maximum absolute atomic E-state index is 6.75. The van der Waals surface area contributed by atoms with Gasteiger partial charge in [0.15, 0.2) is 17.5 Å². The van der Waals surface area contributed by atoms with Gasteiger partial charge in [0.05, 0.1) is 0 Å². The van der Waals surface area contributed by atoms with Gasteiger partial charge in [0.1, 0.15) is 11.2 Å². The maximum Gasteiger partial charge on any atom is 0.164 e. The first kappa shape index (κ1) is 27.9. The van der Waals surface area contributed by atoms with E-state index in [9.17, 15) is 0 Å². The Labute approximate surface area is 277 Å². The molecular formula is C44H29N3O. The number of hydrogen-bond acceptors (Lipinski definition) is 4. The second kappa shape index (κ2) is 11.1. The molecule has 4 heteroatoms. The first-order chi connectivity index (χ1) is 23.7. The Bertz CT molecular complexity index is 2770. The molecule has 0 aliphatic carbocycles. The molecule has 4 nitrogen and oxygen atoms in total. The molecule has 226 valence electrons. The fourth-order valence-corrected chi connectivity index (χ4v) is 7.08. The summed E-state index contributed by atoms with van der Waals surface area (Å²) < 4.78 is 6.75. The number of furan rings is 1. The van der Waals surface area contributed by atoms with Crippen LogP contribution in [0.5, 0.6) is 0 Å². The van der Waals surface area contributed by atoms with Crippen LogP contribution in [-0.2, 0) is 0 Å². The molecule has 0 amide bonds. The van der Waals surface area contributed by atoms with Crippen LogP contribution < -0.4 is 0 Å². The second-order valence-electron chi connectivity index (χ2n) is 11.9. The van der Waals surface area contributed by atoms with Crippen LogP contribution in [0.1, 0.15) is 12.7 Å². The molecule has 0 unspecified atom stereocenters. The van der Waals surface area contributed by atoms with Crippen LogP contribution in [0.2, 0.25) is 0 Å². The van der Waals surface area contributed by atoms with Crippen molar-refractivity contribution in [2.45, 2.75) is 6.92 Å². The van der Waals surface area contributed by atoms with Crippen molar-refractivity contribution in [1.82, 2.24) is 15.0 Å². The Morgan fingerprint density at radius 1 is 0.562 bits per heavy atom. The van der Waals surface area contributed by atoms with Crippen LogP contribution in [0, 0.1) is 0 Å². The van der Waals surface area contributed by atoms with E-state index in [4.69, 9.17) is 19.4 Å². The van der Waals surface area contributed by atoms with Crippen molar-refractivity contribution in [2.24, 2.45) is 0 Å². The molecule has 0 saturated heterocycles. The minimum Gasteiger partial charge on any atom is -0.456 e. The summed E-state index contributed by atoms with van der Waals surface area (Å²) in [4.78, 5) is 15.0. The molecule has 0 saturated carbocycles. The summed E-state index contributed by atoms with van der Waals surface area (Å²) in [5.74, 6) is 1.74. The minimum atomic E-state index is 0.560. The first-order valence-electron chi connectivity index (χ1n) is 16.1. The van der Waals surface area contributed by atoms with Gasteiger partial charge in [0.2, 0.25) is 0 Å². The van der Waals surface area contributed by atoms with E-state index in [-0.39, 0.29) is 0 Å². The first-order valence-corrected chi connectivity index (χ1v) is 16.1. The van der Waals surface area contributed by atoms with Crippen LogP contribution in [0.25, 0.3) is 93.4 Å². The van der Waals surface area contributed by atoms with Crippen molar-refractivity contribution in [2.75, 3.05) is 0 Å². The molecule has 0 fully saturated rings. The fraction of sp³-hybridized carbons (Fsp3) is 0.0227. The minimum absolute atomic E-state index is 0.560. The Morgan fingerprint density at radius 2 is 1.15 bits per heavy atom. The number of benzene rings is 7. The quantitative estimate of drug-likeness (QED) is 0.143. The SMILES string of the molecule is C=C/C(=C\C=C/C)c1nc(-c2ccccc2)nc(-c2cc3oc4ccc5c6ccccc6c6ccccc6c5c4c3c3ccccc23)n1. The average Bonchev–Trinajstić information content (AvgIpc) is 3.54. The molecule has 0 atom stereocenters. The second-order valence-corrected chi connectivity index (χ2v) is 11.9. The number of aromatic nitrogens is 3. The third-order valence-corrected chi connectivity index (χ3v) is 9.20. The monoisotopic (exact) mass is 615 g/mol. The van der Waals surface area contributed by atoms with Gasteiger partial charge >= 0.3 is 0 Å². The van der Waals surface area contributed by atoms with Gasteiger partial charge in [-0.25, -0.2) is 15.0 Å². The van der Waals surface area contributed by atoms with Crippen LogP contribution in [0.4, 0.5) is 0 Å². The lowest BCUT2D eigenvalue weighted by atomic mass is 9.90. The molecule has 48 heavy (non-hydrogen) atoms. The van der Waals surface area contributed by atoms with Crippen LogP contribution >= 0.6 is 0 Å². The Balaban J connectivity index is 1.40. The number of nitrogens with zero attached hydrogens (tertiary/aromatic N) is 3. The van der Waals surface area contributed by atoms with Crippen molar-refractivity contribution in [1.29, 1.82) is 0 Å². The standard InChI is InChI=1S/C44H29N3O/c1-3-5-15-27(4-2)42-45-43(28-16-7-6-8-17-28)47-44(46-42)36-26-38-40(34-23-14-12-21-32(34)36)41-37(48-38)25-24-35-31-20-10-9-18-29(31)30-19-11-13-22-33(30)39(35)41/h3-26H,2H2,1H3/b5-3-,27-15+. The summed E-state index contributed by atoms with van der Waals surface area (Å²) in [5, 5.41) is 11.7. The Hall–Kier alpha value is -6.39. The fourth-order valence-electron chi connectivity index (χ4n) is 7.08. The maximum atomic E-state index is 6.75. The third-order valence-electron chi connectivity index (χ3n) is 9.20. The van der Waals surface area contributed by atoms with E-state index in [2.05, 4.69) is 97.6 Å². The largest absolute Gasteiger partial charge is 0.456 e. The predicted octanol–water partition coefficient (Wildman–Crippen LogP) is 11.9. The zero-order valence-corrected chi connectivity index (χ0v) is 26.3. The lowest BCUT2D eigenvalue weighted by molar-refractivity contribution is 0.669. The summed E-state index contributed by atoms with van der Waals surface area (Å²) in [6.45, 7) is 6.04. The van der Waals surface area contributed by atoms with E-state index in [1.807, 2.05) is 55.5 Å². The third kappa shape index (κ3) is 4.27. The topological polar surface area (TPSA) is 51.8 Å². The van der Waals surface area contributed by atoms with E-state index < -0.39 is 0 Å². The van der Waals surface area contributed by atoms with Crippen LogP contribution in [-0.4, -0.2) is 15.0 Å². The van der Waals surface area contributed by atoms with Crippen molar-refractivity contribution >= 4 is 70.6 Å². The van der Waals surface area contributed by atoms with E-state index >= 15 is 0 Å². The van der Waals surface area contributed by atoms with E-state index in [1.165, 1.54) is 32.3 Å². The Kier molecular flexibility index (Phi) is 6.47. The zero-order valence-electron chi connectivity index (χ0n) is 26.3. The van der Waals surface area contributed by atoms with Gasteiger partial charge in [-0.05, 0) is 62.8 Å². The van der Waals surface area contributed by atoms with E-state index in [0.29, 0.717) is 17.5 Å². The summed E-state index contributed by atoms with van der Waals surface area (Å²) in [6, 6.07) is 42.3. The molecule has 0 aliphatic heterocycles. The molecule has 2 aromatic heterocycles. The average molecular weight is 616 g/mol. The van der Waals surface area contributed by atoms with Crippen molar-refractivity contribution in [3.05, 3.63) is 158 Å². The van der Waals surface area contributed by atoms with Gasteiger partial charge in [0.25, 0.3) is 0 Å².